The number of aromatic nitrogens is 1. The highest BCUT2D eigenvalue weighted by molar-refractivity contribution is 6.04. The van der Waals surface area contributed by atoms with Gasteiger partial charge < -0.3 is 9.88 Å². The minimum atomic E-state index is -0.230. The van der Waals surface area contributed by atoms with Crippen LogP contribution in [-0.4, -0.2) is 10.5 Å². The van der Waals surface area contributed by atoms with Crippen LogP contribution in [0.3, 0.4) is 0 Å². The maximum absolute atomic E-state index is 12.5. The molecule has 1 heterocycles. The smallest absolute Gasteiger partial charge is 0.257 e. The number of hydrogen-bond acceptors (Lipinski definition) is 2. The standard InChI is InChI=1S/C22H22N2O2/c1-3-17-8-11-20(12-9-17)23-22(26)19-10-13-21(25)24(15-19)14-18-6-4-16(2)5-7-18/h4-13,15H,3,14H2,1-2H3,(H,23,26). The molecule has 2 aromatic carbocycles. The molecule has 0 radical (unpaired) electrons. The molecule has 1 aromatic heterocycles. The molecular weight excluding hydrogens is 324 g/mol. The van der Waals surface area contributed by atoms with Crippen molar-refractivity contribution in [2.24, 2.45) is 0 Å². The maximum Gasteiger partial charge on any atom is 0.257 e. The third-order valence-electron chi connectivity index (χ3n) is 4.34. The van der Waals surface area contributed by atoms with Crippen LogP contribution >= 0.6 is 0 Å². The molecular formula is C22H22N2O2. The van der Waals surface area contributed by atoms with Gasteiger partial charge in [0.2, 0.25) is 0 Å². The predicted molar refractivity (Wildman–Crippen MR) is 105 cm³/mol. The average Bonchev–Trinajstić information content (AvgIpc) is 2.66. The quantitative estimate of drug-likeness (QED) is 0.758. The molecule has 0 spiro atoms. The minimum Gasteiger partial charge on any atom is -0.322 e. The minimum absolute atomic E-state index is 0.130. The van der Waals surface area contributed by atoms with Crippen molar-refractivity contribution in [3.8, 4) is 0 Å². The fourth-order valence-corrected chi connectivity index (χ4v) is 2.71. The van der Waals surface area contributed by atoms with E-state index in [2.05, 4.69) is 12.2 Å². The number of anilines is 1. The van der Waals surface area contributed by atoms with E-state index in [-0.39, 0.29) is 11.5 Å². The number of nitrogens with zero attached hydrogens (tertiary/aromatic N) is 1. The van der Waals surface area contributed by atoms with Gasteiger partial charge in [0.15, 0.2) is 0 Å². The fraction of sp³-hybridized carbons (Fsp3) is 0.182. The second kappa shape index (κ2) is 7.83. The van der Waals surface area contributed by atoms with E-state index in [9.17, 15) is 9.59 Å². The first-order chi connectivity index (χ1) is 12.5. The van der Waals surface area contributed by atoms with Crippen molar-refractivity contribution in [1.82, 2.24) is 4.57 Å². The molecule has 0 aliphatic rings. The molecule has 0 unspecified atom stereocenters. The van der Waals surface area contributed by atoms with Crippen LogP contribution in [0.2, 0.25) is 0 Å². The van der Waals surface area contributed by atoms with Gasteiger partial charge in [0.25, 0.3) is 11.5 Å². The summed E-state index contributed by atoms with van der Waals surface area (Å²) in [5, 5.41) is 2.87. The number of benzene rings is 2. The van der Waals surface area contributed by atoms with Gasteiger partial charge in [-0.25, -0.2) is 0 Å². The van der Waals surface area contributed by atoms with E-state index in [4.69, 9.17) is 0 Å². The molecule has 4 nitrogen and oxygen atoms in total. The highest BCUT2D eigenvalue weighted by Crippen LogP contribution is 2.12. The van der Waals surface area contributed by atoms with Crippen molar-refractivity contribution >= 4 is 11.6 Å². The molecule has 1 amide bonds. The molecule has 0 aliphatic carbocycles. The molecule has 0 bridgehead atoms. The number of carbonyl (C=O) groups excluding carboxylic acids is 1. The van der Waals surface area contributed by atoms with Gasteiger partial charge in [-0.3, -0.25) is 9.59 Å². The van der Waals surface area contributed by atoms with Crippen LogP contribution in [0.1, 0.15) is 34.0 Å². The molecule has 26 heavy (non-hydrogen) atoms. The number of pyridine rings is 1. The number of carbonyl (C=O) groups is 1. The molecule has 4 heteroatoms. The van der Waals surface area contributed by atoms with Crippen molar-refractivity contribution < 1.29 is 4.79 Å². The first kappa shape index (κ1) is 17.7. The molecule has 0 saturated carbocycles. The summed E-state index contributed by atoms with van der Waals surface area (Å²) in [4.78, 5) is 24.6. The van der Waals surface area contributed by atoms with Crippen LogP contribution in [0.4, 0.5) is 5.69 Å². The maximum atomic E-state index is 12.5. The monoisotopic (exact) mass is 346 g/mol. The van der Waals surface area contributed by atoms with Gasteiger partial charge in [0.05, 0.1) is 12.1 Å². The number of nitrogens with one attached hydrogen (secondary N) is 1. The van der Waals surface area contributed by atoms with E-state index in [0.717, 1.165) is 17.7 Å². The Bertz CT molecular complexity index is 955. The number of rotatable bonds is 5. The first-order valence-corrected chi connectivity index (χ1v) is 8.71. The normalized spacial score (nSPS) is 10.5. The molecule has 132 valence electrons. The second-order valence-electron chi connectivity index (χ2n) is 6.37. The van der Waals surface area contributed by atoms with Gasteiger partial charge in [-0.1, -0.05) is 48.9 Å². The Morgan fingerprint density at radius 2 is 1.58 bits per heavy atom. The summed E-state index contributed by atoms with van der Waals surface area (Å²) < 4.78 is 1.56. The van der Waals surface area contributed by atoms with Gasteiger partial charge in [-0.15, -0.1) is 0 Å². The highest BCUT2D eigenvalue weighted by Gasteiger charge is 2.09. The van der Waals surface area contributed by atoms with Crippen LogP contribution in [0.15, 0.2) is 71.7 Å². The summed E-state index contributed by atoms with van der Waals surface area (Å²) in [7, 11) is 0. The first-order valence-electron chi connectivity index (χ1n) is 8.71. The van der Waals surface area contributed by atoms with Gasteiger partial charge in [0, 0.05) is 18.0 Å². The summed E-state index contributed by atoms with van der Waals surface area (Å²) in [5.41, 5.74) is 4.47. The van der Waals surface area contributed by atoms with Crippen molar-refractivity contribution in [3.63, 3.8) is 0 Å². The molecule has 0 fully saturated rings. The second-order valence-corrected chi connectivity index (χ2v) is 6.37. The zero-order valence-corrected chi connectivity index (χ0v) is 15.0. The van der Waals surface area contributed by atoms with Crippen molar-refractivity contribution in [3.05, 3.63) is 99.5 Å². The van der Waals surface area contributed by atoms with Gasteiger partial charge in [-0.05, 0) is 42.7 Å². The number of hydrogen-bond donors (Lipinski definition) is 1. The summed E-state index contributed by atoms with van der Waals surface area (Å²) in [6.07, 6.45) is 2.57. The molecule has 0 saturated heterocycles. The molecule has 0 aliphatic heterocycles. The lowest BCUT2D eigenvalue weighted by molar-refractivity contribution is 0.102. The Balaban J connectivity index is 1.78. The average molecular weight is 346 g/mol. The summed E-state index contributed by atoms with van der Waals surface area (Å²) >= 11 is 0. The molecule has 3 rings (SSSR count). The van der Waals surface area contributed by atoms with Crippen LogP contribution < -0.4 is 10.9 Å². The third-order valence-corrected chi connectivity index (χ3v) is 4.34. The van der Waals surface area contributed by atoms with E-state index in [1.807, 2.05) is 55.5 Å². The van der Waals surface area contributed by atoms with Gasteiger partial charge in [-0.2, -0.15) is 0 Å². The SMILES string of the molecule is CCc1ccc(NC(=O)c2ccc(=O)n(Cc3ccc(C)cc3)c2)cc1. The lowest BCUT2D eigenvalue weighted by atomic mass is 10.1. The fourth-order valence-electron chi connectivity index (χ4n) is 2.71. The predicted octanol–water partition coefficient (Wildman–Crippen LogP) is 4.02. The van der Waals surface area contributed by atoms with E-state index >= 15 is 0 Å². The Morgan fingerprint density at radius 1 is 0.923 bits per heavy atom. The molecule has 1 N–H and O–H groups in total. The number of amides is 1. The van der Waals surface area contributed by atoms with Crippen LogP contribution in [0.25, 0.3) is 0 Å². The van der Waals surface area contributed by atoms with Gasteiger partial charge >= 0.3 is 0 Å². The Hall–Kier alpha value is -3.14. The van der Waals surface area contributed by atoms with Crippen LogP contribution in [0, 0.1) is 6.92 Å². The summed E-state index contributed by atoms with van der Waals surface area (Å²) in [5.74, 6) is -0.230. The molecule has 3 aromatic rings. The van der Waals surface area contributed by atoms with E-state index < -0.39 is 0 Å². The lowest BCUT2D eigenvalue weighted by Crippen LogP contribution is -2.22. The van der Waals surface area contributed by atoms with Gasteiger partial charge in [0.1, 0.15) is 0 Å². The van der Waals surface area contributed by atoms with E-state index in [0.29, 0.717) is 12.1 Å². The summed E-state index contributed by atoms with van der Waals surface area (Å²) in [6.45, 7) is 4.55. The van der Waals surface area contributed by atoms with Crippen molar-refractivity contribution in [2.75, 3.05) is 5.32 Å². The van der Waals surface area contributed by atoms with E-state index in [1.165, 1.54) is 17.2 Å². The number of aryl methyl sites for hydroxylation is 2. The third kappa shape index (κ3) is 4.28. The highest BCUT2D eigenvalue weighted by atomic mass is 16.2. The zero-order valence-electron chi connectivity index (χ0n) is 15.0. The molecule has 0 atom stereocenters. The lowest BCUT2D eigenvalue weighted by Gasteiger charge is -2.10. The topological polar surface area (TPSA) is 51.1 Å². The summed E-state index contributed by atoms with van der Waals surface area (Å²) in [6, 6.07) is 18.8. The largest absolute Gasteiger partial charge is 0.322 e. The Morgan fingerprint density at radius 3 is 2.23 bits per heavy atom. The Labute approximate surface area is 153 Å². The van der Waals surface area contributed by atoms with Crippen LogP contribution in [-0.2, 0) is 13.0 Å². The Kier molecular flexibility index (Phi) is 5.32. The zero-order chi connectivity index (χ0) is 18.5. The van der Waals surface area contributed by atoms with Crippen molar-refractivity contribution in [2.45, 2.75) is 26.8 Å². The van der Waals surface area contributed by atoms with Crippen molar-refractivity contribution in [1.29, 1.82) is 0 Å². The van der Waals surface area contributed by atoms with Crippen LogP contribution in [0.5, 0.6) is 0 Å². The van der Waals surface area contributed by atoms with E-state index in [1.54, 1.807) is 16.8 Å².